The van der Waals surface area contributed by atoms with E-state index in [0.717, 1.165) is 5.56 Å². The fourth-order valence-corrected chi connectivity index (χ4v) is 0.935. The molecule has 0 saturated carbocycles. The molecule has 0 N–H and O–H groups in total. The molecule has 0 aliphatic heterocycles. The molecular weight excluding hydrogens is 196 g/mol. The van der Waals surface area contributed by atoms with Crippen LogP contribution in [-0.4, -0.2) is 18.7 Å². The third-order valence-corrected chi connectivity index (χ3v) is 1.62. The van der Waals surface area contributed by atoms with Gasteiger partial charge in [0.15, 0.2) is 0 Å². The predicted molar refractivity (Wildman–Crippen MR) is 51.7 cm³/mol. The molecule has 0 unspecified atom stereocenters. The highest BCUT2D eigenvalue weighted by Crippen LogP contribution is 2.00. The van der Waals surface area contributed by atoms with Crippen molar-refractivity contribution in [1.29, 1.82) is 0 Å². The lowest BCUT2D eigenvalue weighted by Gasteiger charge is -2.04. The van der Waals surface area contributed by atoms with Crippen LogP contribution in [0.5, 0.6) is 0 Å². The molecule has 0 heterocycles. The fraction of sp³-hybridized carbons (Fsp3) is 0.273. The molecule has 0 saturated heterocycles. The third-order valence-electron chi connectivity index (χ3n) is 1.62. The molecule has 0 amide bonds. The minimum Gasteiger partial charge on any atom is -0.428 e. The van der Waals surface area contributed by atoms with Gasteiger partial charge in [-0.05, 0) is 11.6 Å². The number of rotatable bonds is 4. The highest BCUT2D eigenvalue weighted by atomic mass is 16.7. The van der Waals surface area contributed by atoms with E-state index in [2.05, 4.69) is 15.5 Å². The van der Waals surface area contributed by atoms with Crippen LogP contribution < -0.4 is 0 Å². The summed E-state index contributed by atoms with van der Waals surface area (Å²) in [4.78, 5) is 21.5. The summed E-state index contributed by atoms with van der Waals surface area (Å²) in [6.45, 7) is 0.925. The van der Waals surface area contributed by atoms with Gasteiger partial charge in [0.05, 0.1) is 6.42 Å². The summed E-state index contributed by atoms with van der Waals surface area (Å²) >= 11 is 0. The van der Waals surface area contributed by atoms with Gasteiger partial charge in [-0.3, -0.25) is 9.59 Å². The second kappa shape index (κ2) is 5.80. The van der Waals surface area contributed by atoms with E-state index >= 15 is 0 Å². The number of hydrogen-bond donors (Lipinski definition) is 0. The molecule has 0 bridgehead atoms. The number of esters is 2. The van der Waals surface area contributed by atoms with E-state index in [1.165, 1.54) is 6.92 Å². The molecule has 0 aliphatic rings. The van der Waals surface area contributed by atoms with Gasteiger partial charge in [-0.1, -0.05) is 24.3 Å². The minimum absolute atomic E-state index is 0.163. The molecule has 1 aromatic carbocycles. The maximum absolute atomic E-state index is 11.2. The Morgan fingerprint density at radius 1 is 1.27 bits per heavy atom. The molecule has 1 aromatic rings. The number of benzene rings is 1. The molecule has 0 spiro atoms. The van der Waals surface area contributed by atoms with Gasteiger partial charge in [0.25, 0.3) is 0 Å². The Balaban J connectivity index is 2.28. The second-order valence-corrected chi connectivity index (χ2v) is 2.86. The zero-order valence-corrected chi connectivity index (χ0v) is 8.36. The van der Waals surface area contributed by atoms with Crippen LogP contribution in [0.3, 0.4) is 0 Å². The lowest BCUT2D eigenvalue weighted by atomic mass is 10.2. The van der Waals surface area contributed by atoms with E-state index in [4.69, 9.17) is 0 Å². The van der Waals surface area contributed by atoms with Crippen LogP contribution in [0.25, 0.3) is 0 Å². The first-order valence-electron chi connectivity index (χ1n) is 4.42. The molecule has 0 aliphatic carbocycles. The Labute approximate surface area is 87.8 Å². The van der Waals surface area contributed by atoms with Crippen LogP contribution in [0, 0.1) is 6.07 Å². The van der Waals surface area contributed by atoms with Gasteiger partial charge in [0.2, 0.25) is 6.79 Å². The summed E-state index contributed by atoms with van der Waals surface area (Å²) in [6.07, 6.45) is 0.163. The van der Waals surface area contributed by atoms with Crippen LogP contribution >= 0.6 is 0 Å². The van der Waals surface area contributed by atoms with Crippen molar-refractivity contribution in [2.24, 2.45) is 0 Å². The second-order valence-electron chi connectivity index (χ2n) is 2.86. The van der Waals surface area contributed by atoms with E-state index < -0.39 is 11.9 Å². The summed E-state index contributed by atoms with van der Waals surface area (Å²) in [5, 5.41) is 0. The topological polar surface area (TPSA) is 52.6 Å². The molecule has 0 fully saturated rings. The lowest BCUT2D eigenvalue weighted by molar-refractivity contribution is -0.165. The molecule has 0 atom stereocenters. The molecule has 15 heavy (non-hydrogen) atoms. The fourth-order valence-electron chi connectivity index (χ4n) is 0.935. The van der Waals surface area contributed by atoms with Crippen molar-refractivity contribution in [3.63, 3.8) is 0 Å². The zero-order chi connectivity index (χ0) is 11.1. The molecular formula is C11H11O4. The Bertz CT molecular complexity index is 332. The zero-order valence-electron chi connectivity index (χ0n) is 8.36. The van der Waals surface area contributed by atoms with Crippen molar-refractivity contribution in [2.45, 2.75) is 13.3 Å². The highest BCUT2D eigenvalue weighted by molar-refractivity contribution is 5.72. The summed E-state index contributed by atoms with van der Waals surface area (Å²) in [5.74, 6) is -0.903. The van der Waals surface area contributed by atoms with E-state index in [-0.39, 0.29) is 13.2 Å². The Morgan fingerprint density at radius 3 is 2.53 bits per heavy atom. The van der Waals surface area contributed by atoms with E-state index in [1.54, 1.807) is 24.3 Å². The van der Waals surface area contributed by atoms with E-state index in [9.17, 15) is 9.59 Å². The predicted octanol–water partition coefficient (Wildman–Crippen LogP) is 1.09. The largest absolute Gasteiger partial charge is 0.428 e. The lowest BCUT2D eigenvalue weighted by Crippen LogP contribution is -2.12. The Hall–Kier alpha value is -1.84. The van der Waals surface area contributed by atoms with Gasteiger partial charge in [0, 0.05) is 6.92 Å². The normalized spacial score (nSPS) is 9.40. The van der Waals surface area contributed by atoms with Crippen LogP contribution in [0.15, 0.2) is 24.3 Å². The van der Waals surface area contributed by atoms with Crippen LogP contribution in [0.2, 0.25) is 0 Å². The quantitative estimate of drug-likeness (QED) is 0.548. The van der Waals surface area contributed by atoms with Crippen molar-refractivity contribution < 1.29 is 19.1 Å². The molecule has 79 valence electrons. The van der Waals surface area contributed by atoms with Gasteiger partial charge < -0.3 is 9.47 Å². The minimum atomic E-state index is -0.475. The monoisotopic (exact) mass is 207 g/mol. The van der Waals surface area contributed by atoms with Crippen molar-refractivity contribution >= 4 is 11.9 Å². The van der Waals surface area contributed by atoms with Crippen molar-refractivity contribution in [2.75, 3.05) is 6.79 Å². The average molecular weight is 207 g/mol. The number of ether oxygens (including phenoxy) is 2. The van der Waals surface area contributed by atoms with Crippen molar-refractivity contribution in [1.82, 2.24) is 0 Å². The van der Waals surface area contributed by atoms with Gasteiger partial charge >= 0.3 is 11.9 Å². The number of hydrogen-bond acceptors (Lipinski definition) is 4. The molecule has 1 radical (unpaired) electrons. The summed E-state index contributed by atoms with van der Waals surface area (Å²) in [5.41, 5.74) is 0.835. The molecule has 4 heteroatoms. The van der Waals surface area contributed by atoms with Crippen molar-refractivity contribution in [3.8, 4) is 0 Å². The maximum Gasteiger partial charge on any atom is 0.313 e. The third kappa shape index (κ3) is 4.81. The Kier molecular flexibility index (Phi) is 4.34. The highest BCUT2D eigenvalue weighted by Gasteiger charge is 2.04. The number of carbonyl (C=O) groups is 2. The average Bonchev–Trinajstić information content (AvgIpc) is 2.18. The summed E-state index contributed by atoms with van der Waals surface area (Å²) in [7, 11) is 0. The van der Waals surface area contributed by atoms with Crippen LogP contribution in [0.1, 0.15) is 12.5 Å². The molecule has 4 nitrogen and oxygen atoms in total. The first kappa shape index (κ1) is 11.2. The molecule has 1 rings (SSSR count). The van der Waals surface area contributed by atoms with Gasteiger partial charge in [-0.15, -0.1) is 0 Å². The first-order valence-corrected chi connectivity index (χ1v) is 4.42. The van der Waals surface area contributed by atoms with Gasteiger partial charge in [-0.25, -0.2) is 0 Å². The van der Waals surface area contributed by atoms with Crippen molar-refractivity contribution in [3.05, 3.63) is 35.9 Å². The summed E-state index contributed by atoms with van der Waals surface area (Å²) in [6, 6.07) is 9.82. The molecule has 0 aromatic heterocycles. The maximum atomic E-state index is 11.2. The van der Waals surface area contributed by atoms with Gasteiger partial charge in [-0.2, -0.15) is 0 Å². The first-order chi connectivity index (χ1) is 7.18. The van der Waals surface area contributed by atoms with Crippen LogP contribution in [-0.2, 0) is 25.5 Å². The van der Waals surface area contributed by atoms with E-state index in [0.29, 0.717) is 0 Å². The number of carbonyl (C=O) groups excluding carboxylic acids is 2. The van der Waals surface area contributed by atoms with Crippen LogP contribution in [0.4, 0.5) is 0 Å². The van der Waals surface area contributed by atoms with E-state index in [1.807, 2.05) is 0 Å². The smallest absolute Gasteiger partial charge is 0.313 e. The SMILES string of the molecule is CC(=O)OCOC(=O)Cc1cc[c]cc1. The standard InChI is InChI=1S/C11H11O4/c1-9(12)14-8-15-11(13)7-10-5-3-2-4-6-10/h3-6H,7-8H2,1H3. The van der Waals surface area contributed by atoms with Gasteiger partial charge in [0.1, 0.15) is 0 Å². The summed E-state index contributed by atoms with van der Waals surface area (Å²) < 4.78 is 9.13. The Morgan fingerprint density at radius 2 is 1.93 bits per heavy atom.